The number of hydrogen-bond donors (Lipinski definition) is 1. The molecule has 1 aliphatic rings. The van der Waals surface area contributed by atoms with Crippen molar-refractivity contribution in [3.63, 3.8) is 0 Å². The van der Waals surface area contributed by atoms with Crippen molar-refractivity contribution in [3.05, 3.63) is 65.4 Å². The van der Waals surface area contributed by atoms with E-state index in [1.807, 2.05) is 62.4 Å². The van der Waals surface area contributed by atoms with E-state index in [1.165, 1.54) is 4.90 Å². The van der Waals surface area contributed by atoms with Crippen LogP contribution < -0.4 is 10.1 Å². The Bertz CT molecular complexity index is 980. The molecule has 0 atom stereocenters. The fourth-order valence-corrected chi connectivity index (χ4v) is 3.46. The monoisotopic (exact) mass is 436 g/mol. The first-order chi connectivity index (χ1) is 15.4. The summed E-state index contributed by atoms with van der Waals surface area (Å²) < 4.78 is 11.1. The van der Waals surface area contributed by atoms with E-state index < -0.39 is 0 Å². The van der Waals surface area contributed by atoms with E-state index in [9.17, 15) is 9.59 Å². The van der Waals surface area contributed by atoms with Crippen LogP contribution in [0.5, 0.6) is 5.75 Å². The van der Waals surface area contributed by atoms with Crippen molar-refractivity contribution in [3.8, 4) is 5.75 Å². The molecular formula is C26H32N2O4. The highest BCUT2D eigenvalue weighted by molar-refractivity contribution is 6.36. The molecule has 1 N–H and O–H groups in total. The molecule has 2 amide bonds. The normalized spacial score (nSPS) is 14.0. The first kappa shape index (κ1) is 23.5. The number of carbonyl (C=O) groups is 2. The van der Waals surface area contributed by atoms with E-state index in [2.05, 4.69) is 19.2 Å². The molecule has 170 valence electrons. The Balaban J connectivity index is 1.90. The zero-order valence-electron chi connectivity index (χ0n) is 19.3. The average Bonchev–Trinajstić information content (AvgIpc) is 3.01. The molecule has 1 heterocycles. The Hall–Kier alpha value is -3.12. The van der Waals surface area contributed by atoms with Crippen molar-refractivity contribution in [2.45, 2.75) is 34.1 Å². The summed E-state index contributed by atoms with van der Waals surface area (Å²) in [6.07, 6.45) is 0.595. The number of anilines is 1. The van der Waals surface area contributed by atoms with Crippen LogP contribution in [0.25, 0.3) is 5.57 Å². The molecule has 32 heavy (non-hydrogen) atoms. The molecule has 3 rings (SSSR count). The minimum atomic E-state index is -0.315. The molecule has 2 aromatic rings. The standard InChI is InChI=1S/C26H32N2O4/c1-5-31-16-8-15-28-25(29)23(20-11-13-21(14-12-20)32-17-18(2)3)24(26(28)30)27-22-10-7-6-9-19(22)4/h6-7,9-14,18,27H,5,8,15-17H2,1-4H3. The van der Waals surface area contributed by atoms with Gasteiger partial charge in [0, 0.05) is 25.4 Å². The summed E-state index contributed by atoms with van der Waals surface area (Å²) in [5.74, 6) is 0.548. The third-order valence-corrected chi connectivity index (χ3v) is 5.17. The van der Waals surface area contributed by atoms with Crippen molar-refractivity contribution >= 4 is 23.1 Å². The Morgan fingerprint density at radius 1 is 1.00 bits per heavy atom. The number of benzene rings is 2. The molecule has 6 heteroatoms. The highest BCUT2D eigenvalue weighted by atomic mass is 16.5. The Kier molecular flexibility index (Phi) is 8.06. The van der Waals surface area contributed by atoms with Crippen molar-refractivity contribution in [2.24, 2.45) is 5.92 Å². The Morgan fingerprint density at radius 3 is 2.38 bits per heavy atom. The molecule has 0 saturated heterocycles. The first-order valence-corrected chi connectivity index (χ1v) is 11.2. The molecule has 1 aliphatic heterocycles. The summed E-state index contributed by atoms with van der Waals surface area (Å²) in [5.41, 5.74) is 3.16. The van der Waals surface area contributed by atoms with Gasteiger partial charge in [-0.15, -0.1) is 0 Å². The number of aryl methyl sites for hydroxylation is 1. The van der Waals surface area contributed by atoms with Crippen LogP contribution in [0.3, 0.4) is 0 Å². The van der Waals surface area contributed by atoms with Crippen molar-refractivity contribution in [1.82, 2.24) is 4.90 Å². The summed E-state index contributed by atoms with van der Waals surface area (Å²) in [7, 11) is 0. The predicted octanol–water partition coefficient (Wildman–Crippen LogP) is 4.65. The van der Waals surface area contributed by atoms with Gasteiger partial charge in [-0.25, -0.2) is 0 Å². The zero-order chi connectivity index (χ0) is 23.1. The molecule has 0 aromatic heterocycles. The molecule has 0 fully saturated rings. The van der Waals surface area contributed by atoms with Gasteiger partial charge in [-0.2, -0.15) is 0 Å². The highest BCUT2D eigenvalue weighted by Gasteiger charge is 2.39. The van der Waals surface area contributed by atoms with Crippen molar-refractivity contribution in [1.29, 1.82) is 0 Å². The van der Waals surface area contributed by atoms with E-state index in [4.69, 9.17) is 9.47 Å². The Labute approximate surface area is 190 Å². The quantitative estimate of drug-likeness (QED) is 0.410. The van der Waals surface area contributed by atoms with Gasteiger partial charge in [-0.1, -0.05) is 44.2 Å². The fraction of sp³-hybridized carbons (Fsp3) is 0.385. The molecule has 0 saturated carbocycles. The summed E-state index contributed by atoms with van der Waals surface area (Å²) in [6.45, 7) is 10.1. The van der Waals surface area contributed by atoms with Crippen LogP contribution in [0.4, 0.5) is 5.69 Å². The van der Waals surface area contributed by atoms with Crippen molar-refractivity contribution in [2.75, 3.05) is 31.7 Å². The van der Waals surface area contributed by atoms with Crippen LogP contribution in [-0.2, 0) is 14.3 Å². The zero-order valence-corrected chi connectivity index (χ0v) is 19.3. The SMILES string of the molecule is CCOCCCN1C(=O)C(Nc2ccccc2C)=C(c2ccc(OCC(C)C)cc2)C1=O. The number of carbonyl (C=O) groups excluding carboxylic acids is 2. The number of amides is 2. The maximum absolute atomic E-state index is 13.3. The topological polar surface area (TPSA) is 67.9 Å². The van der Waals surface area contributed by atoms with Crippen LogP contribution in [0.1, 0.15) is 38.3 Å². The Morgan fingerprint density at radius 2 is 1.72 bits per heavy atom. The minimum Gasteiger partial charge on any atom is -0.493 e. The van der Waals surface area contributed by atoms with E-state index in [-0.39, 0.29) is 11.8 Å². The maximum Gasteiger partial charge on any atom is 0.278 e. The number of nitrogens with one attached hydrogen (secondary N) is 1. The van der Waals surface area contributed by atoms with Gasteiger partial charge in [0.25, 0.3) is 11.8 Å². The lowest BCUT2D eigenvalue weighted by atomic mass is 10.0. The molecule has 0 radical (unpaired) electrons. The number of para-hydroxylation sites is 1. The van der Waals surface area contributed by atoms with Crippen molar-refractivity contribution < 1.29 is 19.1 Å². The van der Waals surface area contributed by atoms with Gasteiger partial charge >= 0.3 is 0 Å². The molecule has 0 aliphatic carbocycles. The molecule has 0 bridgehead atoms. The van der Waals surface area contributed by atoms with Crippen LogP contribution in [-0.4, -0.2) is 43.1 Å². The lowest BCUT2D eigenvalue weighted by Gasteiger charge is -2.15. The van der Waals surface area contributed by atoms with Gasteiger partial charge in [0.05, 0.1) is 12.2 Å². The second-order valence-electron chi connectivity index (χ2n) is 8.23. The molecule has 6 nitrogen and oxygen atoms in total. The van der Waals surface area contributed by atoms with Gasteiger partial charge < -0.3 is 14.8 Å². The summed E-state index contributed by atoms with van der Waals surface area (Å²) in [6, 6.07) is 15.0. The van der Waals surface area contributed by atoms with Crippen LogP contribution in [0.15, 0.2) is 54.2 Å². The summed E-state index contributed by atoms with van der Waals surface area (Å²) >= 11 is 0. The second-order valence-corrected chi connectivity index (χ2v) is 8.23. The minimum absolute atomic E-state index is 0.293. The van der Waals surface area contributed by atoms with Crippen LogP contribution in [0.2, 0.25) is 0 Å². The molecular weight excluding hydrogens is 404 g/mol. The third kappa shape index (κ3) is 5.56. The second kappa shape index (κ2) is 11.0. The number of hydrogen-bond acceptors (Lipinski definition) is 5. The molecule has 2 aromatic carbocycles. The number of imide groups is 1. The number of nitrogens with zero attached hydrogens (tertiary/aromatic N) is 1. The van der Waals surface area contributed by atoms with E-state index >= 15 is 0 Å². The van der Waals surface area contributed by atoms with Gasteiger partial charge in [-0.05, 0) is 55.5 Å². The number of ether oxygens (including phenoxy) is 2. The van der Waals surface area contributed by atoms with E-state index in [1.54, 1.807) is 0 Å². The molecule has 0 unspecified atom stereocenters. The smallest absolute Gasteiger partial charge is 0.278 e. The fourth-order valence-electron chi connectivity index (χ4n) is 3.46. The van der Waals surface area contributed by atoms with Gasteiger partial charge in [0.15, 0.2) is 0 Å². The van der Waals surface area contributed by atoms with E-state index in [0.29, 0.717) is 55.5 Å². The molecule has 0 spiro atoms. The average molecular weight is 437 g/mol. The third-order valence-electron chi connectivity index (χ3n) is 5.17. The van der Waals surface area contributed by atoms with E-state index in [0.717, 1.165) is 17.0 Å². The first-order valence-electron chi connectivity index (χ1n) is 11.2. The number of rotatable bonds is 11. The summed E-state index contributed by atoms with van der Waals surface area (Å²) in [5, 5.41) is 3.23. The lowest BCUT2D eigenvalue weighted by molar-refractivity contribution is -0.137. The largest absolute Gasteiger partial charge is 0.493 e. The predicted molar refractivity (Wildman–Crippen MR) is 126 cm³/mol. The van der Waals surface area contributed by atoms with Gasteiger partial charge in [0.2, 0.25) is 0 Å². The van der Waals surface area contributed by atoms with Crippen LogP contribution >= 0.6 is 0 Å². The summed E-state index contributed by atoms with van der Waals surface area (Å²) in [4.78, 5) is 27.8. The van der Waals surface area contributed by atoms with Gasteiger partial charge in [0.1, 0.15) is 11.4 Å². The lowest BCUT2D eigenvalue weighted by Crippen LogP contribution is -2.34. The highest BCUT2D eigenvalue weighted by Crippen LogP contribution is 2.32. The van der Waals surface area contributed by atoms with Crippen LogP contribution in [0, 0.1) is 12.8 Å². The maximum atomic E-state index is 13.3. The van der Waals surface area contributed by atoms with Gasteiger partial charge in [-0.3, -0.25) is 14.5 Å².